The van der Waals surface area contributed by atoms with Crippen molar-refractivity contribution in [2.45, 2.75) is 51.0 Å². The maximum Gasteiger partial charge on any atom is 0.266 e. The zero-order valence-electron chi connectivity index (χ0n) is 17.2. The van der Waals surface area contributed by atoms with E-state index in [9.17, 15) is 22.0 Å². The standard InChI is InChI=1S/C22H21F5N4/c1-11(13-5-4-6-14(18(13)23)19(24)25)29-20-15-9-17(22(7-8-22)21(26)27)28-10-16(15)31(3)12(2)30-20/h4-6,9-11,19,21H,7-8H2,1-3H3/t11-/m1/s1. The van der Waals surface area contributed by atoms with Crippen LogP contribution in [0, 0.1) is 12.7 Å². The smallest absolute Gasteiger partial charge is 0.266 e. The van der Waals surface area contributed by atoms with E-state index in [1.54, 1.807) is 31.5 Å². The van der Waals surface area contributed by atoms with Crippen LogP contribution >= 0.6 is 0 Å². The first kappa shape index (κ1) is 21.4. The third-order valence-corrected chi connectivity index (χ3v) is 6.01. The zero-order valence-corrected chi connectivity index (χ0v) is 17.2. The first-order chi connectivity index (χ1) is 14.7. The Kier molecular flexibility index (Phi) is 5.31. The van der Waals surface area contributed by atoms with E-state index in [-0.39, 0.29) is 16.7 Å². The van der Waals surface area contributed by atoms with Crippen molar-refractivity contribution in [1.29, 1.82) is 0 Å². The minimum Gasteiger partial charge on any atom is -0.331 e. The Morgan fingerprint density at radius 2 is 1.81 bits per heavy atom. The Balaban J connectivity index is 1.90. The van der Waals surface area contributed by atoms with Gasteiger partial charge in [0.25, 0.3) is 6.43 Å². The van der Waals surface area contributed by atoms with Crippen LogP contribution in [-0.4, -0.2) is 21.0 Å². The van der Waals surface area contributed by atoms with Gasteiger partial charge in [-0.1, -0.05) is 18.2 Å². The number of rotatable bonds is 5. The number of benzene rings is 1. The van der Waals surface area contributed by atoms with E-state index in [0.29, 0.717) is 29.6 Å². The van der Waals surface area contributed by atoms with Gasteiger partial charge >= 0.3 is 0 Å². The monoisotopic (exact) mass is 436 g/mol. The van der Waals surface area contributed by atoms with Gasteiger partial charge in [-0.25, -0.2) is 26.9 Å². The fraction of sp³-hybridized carbons (Fsp3) is 0.409. The van der Waals surface area contributed by atoms with Gasteiger partial charge in [-0.2, -0.15) is 0 Å². The van der Waals surface area contributed by atoms with Gasteiger partial charge < -0.3 is 4.57 Å². The second-order valence-corrected chi connectivity index (χ2v) is 7.94. The summed E-state index contributed by atoms with van der Waals surface area (Å²) in [6.45, 7) is 3.32. The van der Waals surface area contributed by atoms with Crippen molar-refractivity contribution in [3.8, 4) is 0 Å². The summed E-state index contributed by atoms with van der Waals surface area (Å²) >= 11 is 0. The molecule has 1 saturated carbocycles. The van der Waals surface area contributed by atoms with Gasteiger partial charge in [0.2, 0.25) is 6.43 Å². The highest BCUT2D eigenvalue weighted by molar-refractivity contribution is 5.78. The molecular weight excluding hydrogens is 415 g/mol. The molecule has 164 valence electrons. The Morgan fingerprint density at radius 1 is 1.13 bits per heavy atom. The highest BCUT2D eigenvalue weighted by Gasteiger charge is 2.53. The van der Waals surface area contributed by atoms with Gasteiger partial charge in [0.15, 0.2) is 5.49 Å². The molecule has 0 spiro atoms. The summed E-state index contributed by atoms with van der Waals surface area (Å²) in [5.74, 6) is -0.418. The Hall–Kier alpha value is -2.84. The van der Waals surface area contributed by atoms with Gasteiger partial charge in [0, 0.05) is 18.0 Å². The molecule has 2 heterocycles. The van der Waals surface area contributed by atoms with Crippen LogP contribution < -0.4 is 5.49 Å². The molecule has 0 unspecified atom stereocenters. The molecule has 0 amide bonds. The number of pyridine rings is 1. The van der Waals surface area contributed by atoms with Crippen LogP contribution in [0.3, 0.4) is 0 Å². The normalized spacial score (nSPS) is 17.0. The number of nitrogens with zero attached hydrogens (tertiary/aromatic N) is 4. The van der Waals surface area contributed by atoms with Gasteiger partial charge in [-0.05, 0) is 32.8 Å². The third kappa shape index (κ3) is 3.59. The second-order valence-electron chi connectivity index (χ2n) is 7.94. The molecule has 1 aromatic carbocycles. The molecule has 4 nitrogen and oxygen atoms in total. The summed E-state index contributed by atoms with van der Waals surface area (Å²) in [6, 6.07) is 4.54. The topological polar surface area (TPSA) is 43.1 Å². The number of hydrogen-bond donors (Lipinski definition) is 0. The summed E-state index contributed by atoms with van der Waals surface area (Å²) in [6.07, 6.45) is -3.26. The Labute approximate surface area is 175 Å². The van der Waals surface area contributed by atoms with Gasteiger partial charge in [-0.15, -0.1) is 0 Å². The molecule has 0 aliphatic heterocycles. The van der Waals surface area contributed by atoms with Crippen LogP contribution in [0.25, 0.3) is 10.9 Å². The molecule has 0 N–H and O–H groups in total. The molecule has 0 saturated heterocycles. The van der Waals surface area contributed by atoms with E-state index in [4.69, 9.17) is 0 Å². The van der Waals surface area contributed by atoms with Gasteiger partial charge in [0.1, 0.15) is 11.6 Å². The molecule has 0 radical (unpaired) electrons. The average Bonchev–Trinajstić information content (AvgIpc) is 3.53. The van der Waals surface area contributed by atoms with E-state index in [1.807, 2.05) is 0 Å². The fourth-order valence-corrected chi connectivity index (χ4v) is 3.76. The molecule has 9 heteroatoms. The number of aryl methyl sites for hydroxylation is 2. The van der Waals surface area contributed by atoms with Crippen LogP contribution in [0.1, 0.15) is 54.9 Å². The summed E-state index contributed by atoms with van der Waals surface area (Å²) < 4.78 is 69.7. The van der Waals surface area contributed by atoms with Crippen molar-refractivity contribution in [2.24, 2.45) is 12.0 Å². The first-order valence-electron chi connectivity index (χ1n) is 9.88. The molecule has 1 fully saturated rings. The number of fused-ring (bicyclic) bond motifs is 1. The van der Waals surface area contributed by atoms with E-state index >= 15 is 0 Å². The quantitative estimate of drug-likeness (QED) is 0.509. The molecule has 1 atom stereocenters. The van der Waals surface area contributed by atoms with Crippen molar-refractivity contribution < 1.29 is 22.0 Å². The Bertz CT molecular complexity index is 1210. The lowest BCUT2D eigenvalue weighted by molar-refractivity contribution is 0.0999. The molecule has 3 aromatic rings. The molecule has 0 bridgehead atoms. The van der Waals surface area contributed by atoms with Crippen molar-refractivity contribution in [3.05, 3.63) is 64.4 Å². The fourth-order valence-electron chi connectivity index (χ4n) is 3.76. The van der Waals surface area contributed by atoms with Crippen molar-refractivity contribution in [2.75, 3.05) is 0 Å². The molecule has 1 aliphatic carbocycles. The van der Waals surface area contributed by atoms with Crippen LogP contribution in [-0.2, 0) is 12.5 Å². The van der Waals surface area contributed by atoms with Crippen molar-refractivity contribution >= 4 is 10.9 Å². The van der Waals surface area contributed by atoms with Gasteiger partial charge in [0.05, 0.1) is 34.4 Å². The minimum absolute atomic E-state index is 0.0131. The van der Waals surface area contributed by atoms with Crippen molar-refractivity contribution in [1.82, 2.24) is 14.5 Å². The summed E-state index contributed by atoms with van der Waals surface area (Å²) in [5.41, 5.74) is -0.789. The highest BCUT2D eigenvalue weighted by Crippen LogP contribution is 2.52. The average molecular weight is 436 g/mol. The molecule has 1 aliphatic rings. The zero-order chi connectivity index (χ0) is 22.5. The van der Waals surface area contributed by atoms with E-state index in [2.05, 4.69) is 15.0 Å². The van der Waals surface area contributed by atoms with E-state index in [1.165, 1.54) is 18.3 Å². The minimum atomic E-state index is -2.94. The highest BCUT2D eigenvalue weighted by atomic mass is 19.3. The first-order valence-corrected chi connectivity index (χ1v) is 9.88. The van der Waals surface area contributed by atoms with Crippen LogP contribution in [0.4, 0.5) is 22.0 Å². The number of halogens is 5. The second kappa shape index (κ2) is 7.69. The van der Waals surface area contributed by atoms with Crippen LogP contribution in [0.5, 0.6) is 0 Å². The maximum atomic E-state index is 14.6. The molecule has 2 aromatic heterocycles. The Morgan fingerprint density at radius 3 is 2.42 bits per heavy atom. The SMILES string of the molecule is Cc1nc(=N[C@H](C)c2cccc(C(F)F)c2F)c2cc(C3(C(F)F)CC3)ncc2n1C. The lowest BCUT2D eigenvalue weighted by Gasteiger charge is -2.16. The number of aromatic nitrogens is 3. The predicted molar refractivity (Wildman–Crippen MR) is 105 cm³/mol. The van der Waals surface area contributed by atoms with E-state index < -0.39 is 35.7 Å². The number of hydrogen-bond acceptors (Lipinski definition) is 3. The number of alkyl halides is 4. The van der Waals surface area contributed by atoms with Gasteiger partial charge in [-0.3, -0.25) is 9.98 Å². The summed E-state index contributed by atoms with van der Waals surface area (Å²) in [4.78, 5) is 13.2. The summed E-state index contributed by atoms with van der Waals surface area (Å²) in [5, 5.41) is 0.502. The molecule has 31 heavy (non-hydrogen) atoms. The maximum absolute atomic E-state index is 14.6. The predicted octanol–water partition coefficient (Wildman–Crippen LogP) is 5.31. The lowest BCUT2D eigenvalue weighted by Crippen LogP contribution is -2.22. The van der Waals surface area contributed by atoms with Crippen LogP contribution in [0.2, 0.25) is 0 Å². The van der Waals surface area contributed by atoms with Crippen LogP contribution in [0.15, 0.2) is 35.5 Å². The van der Waals surface area contributed by atoms with Crippen molar-refractivity contribution in [3.63, 3.8) is 0 Å². The molecule has 4 rings (SSSR count). The lowest BCUT2D eigenvalue weighted by atomic mass is 10.0. The van der Waals surface area contributed by atoms with E-state index in [0.717, 1.165) is 6.07 Å². The summed E-state index contributed by atoms with van der Waals surface area (Å²) in [7, 11) is 1.77. The molecular formula is C22H21F5N4. The third-order valence-electron chi connectivity index (χ3n) is 6.01. The largest absolute Gasteiger partial charge is 0.331 e.